The molecular formula is C11H13ClN6OS. The van der Waals surface area contributed by atoms with E-state index in [1.807, 2.05) is 11.8 Å². The van der Waals surface area contributed by atoms with Gasteiger partial charge >= 0.3 is 0 Å². The zero-order valence-electron chi connectivity index (χ0n) is 10.5. The molecule has 0 aromatic carbocycles. The van der Waals surface area contributed by atoms with Crippen LogP contribution >= 0.6 is 23.4 Å². The van der Waals surface area contributed by atoms with Crippen LogP contribution in [0.25, 0.3) is 11.2 Å². The van der Waals surface area contributed by atoms with Crippen LogP contribution in [0.4, 0.5) is 5.95 Å². The molecule has 20 heavy (non-hydrogen) atoms. The van der Waals surface area contributed by atoms with E-state index in [4.69, 9.17) is 11.6 Å². The van der Waals surface area contributed by atoms with Crippen LogP contribution in [0.3, 0.4) is 0 Å². The van der Waals surface area contributed by atoms with Gasteiger partial charge in [0.2, 0.25) is 11.9 Å². The summed E-state index contributed by atoms with van der Waals surface area (Å²) >= 11 is 7.84. The van der Waals surface area contributed by atoms with Crippen LogP contribution in [0.2, 0.25) is 5.15 Å². The second-order valence-electron chi connectivity index (χ2n) is 4.42. The van der Waals surface area contributed by atoms with Gasteiger partial charge in [-0.05, 0) is 0 Å². The summed E-state index contributed by atoms with van der Waals surface area (Å²) in [7, 11) is 0. The third kappa shape index (κ3) is 3.02. The number of hydrogen-bond acceptors (Lipinski definition) is 6. The van der Waals surface area contributed by atoms with Crippen molar-refractivity contribution in [3.63, 3.8) is 0 Å². The molecule has 2 aromatic heterocycles. The van der Waals surface area contributed by atoms with Gasteiger partial charge in [0.25, 0.3) is 0 Å². The monoisotopic (exact) mass is 312 g/mol. The minimum Gasteiger partial charge on any atom is -0.341 e. The highest BCUT2D eigenvalue weighted by molar-refractivity contribution is 7.99. The Hall–Kier alpha value is -1.38. The Morgan fingerprint density at radius 3 is 3.25 bits per heavy atom. The topological polar surface area (TPSA) is 95.6 Å². The molecule has 1 unspecified atom stereocenters. The second kappa shape index (κ2) is 5.94. The van der Waals surface area contributed by atoms with Gasteiger partial charge in [0.15, 0.2) is 10.8 Å². The molecule has 0 saturated carbocycles. The van der Waals surface area contributed by atoms with Gasteiger partial charge in [0.1, 0.15) is 5.52 Å². The molecule has 2 aromatic rings. The zero-order valence-corrected chi connectivity index (χ0v) is 12.1. The number of nitrogens with one attached hydrogen (secondary N) is 3. The normalized spacial score (nSPS) is 19.1. The molecule has 3 rings (SSSR count). The molecule has 0 radical (unpaired) electrons. The standard InChI is InChI=1S/C11H13ClN6OS/c12-9-8-10(15-5-14-8)18-11(17-9)16-7(19)3-6-4-20-2-1-13-6/h5-6,13H,1-4H2,(H2,14,15,16,17,18,19). The number of anilines is 1. The number of rotatable bonds is 3. The van der Waals surface area contributed by atoms with Crippen molar-refractivity contribution in [3.05, 3.63) is 11.5 Å². The van der Waals surface area contributed by atoms with E-state index in [1.54, 1.807) is 0 Å². The quantitative estimate of drug-likeness (QED) is 0.733. The molecule has 9 heteroatoms. The Morgan fingerprint density at radius 2 is 2.45 bits per heavy atom. The molecule has 1 saturated heterocycles. The minimum atomic E-state index is -0.129. The summed E-state index contributed by atoms with van der Waals surface area (Å²) in [4.78, 5) is 27.0. The van der Waals surface area contributed by atoms with Gasteiger partial charge in [-0.2, -0.15) is 21.7 Å². The highest BCUT2D eigenvalue weighted by Crippen LogP contribution is 2.18. The first-order valence-corrected chi connectivity index (χ1v) is 7.73. The van der Waals surface area contributed by atoms with Gasteiger partial charge in [-0.25, -0.2) is 4.98 Å². The fraction of sp³-hybridized carbons (Fsp3) is 0.455. The van der Waals surface area contributed by atoms with Crippen LogP contribution in [-0.4, -0.2) is 49.9 Å². The molecule has 0 aliphatic carbocycles. The fourth-order valence-electron chi connectivity index (χ4n) is 2.00. The van der Waals surface area contributed by atoms with E-state index in [0.717, 1.165) is 18.1 Å². The molecule has 1 amide bonds. The van der Waals surface area contributed by atoms with E-state index >= 15 is 0 Å². The van der Waals surface area contributed by atoms with Crippen molar-refractivity contribution in [1.82, 2.24) is 25.3 Å². The summed E-state index contributed by atoms with van der Waals surface area (Å²) in [6.45, 7) is 0.935. The summed E-state index contributed by atoms with van der Waals surface area (Å²) in [5.74, 6) is 2.08. The number of nitrogens with zero attached hydrogens (tertiary/aromatic N) is 3. The number of imidazole rings is 1. The molecular weight excluding hydrogens is 300 g/mol. The maximum Gasteiger partial charge on any atom is 0.233 e. The maximum atomic E-state index is 12.0. The number of carbonyl (C=O) groups excluding carboxylic acids is 1. The largest absolute Gasteiger partial charge is 0.341 e. The van der Waals surface area contributed by atoms with E-state index in [0.29, 0.717) is 17.6 Å². The van der Waals surface area contributed by atoms with Crippen LogP contribution < -0.4 is 10.6 Å². The van der Waals surface area contributed by atoms with E-state index in [1.165, 1.54) is 6.33 Å². The van der Waals surface area contributed by atoms with Gasteiger partial charge in [-0.3, -0.25) is 10.1 Å². The average molecular weight is 313 g/mol. The second-order valence-corrected chi connectivity index (χ2v) is 5.93. The smallest absolute Gasteiger partial charge is 0.233 e. The first-order valence-electron chi connectivity index (χ1n) is 6.20. The number of H-pyrrole nitrogens is 1. The first kappa shape index (κ1) is 13.6. The highest BCUT2D eigenvalue weighted by Gasteiger charge is 2.18. The molecule has 7 nitrogen and oxygen atoms in total. The summed E-state index contributed by atoms with van der Waals surface area (Å²) in [6, 6.07) is 0.193. The van der Waals surface area contributed by atoms with Gasteiger partial charge < -0.3 is 10.3 Å². The lowest BCUT2D eigenvalue weighted by atomic mass is 10.2. The number of amides is 1. The van der Waals surface area contributed by atoms with E-state index < -0.39 is 0 Å². The Bertz CT molecular complexity index is 626. The van der Waals surface area contributed by atoms with E-state index in [9.17, 15) is 4.79 Å². The maximum absolute atomic E-state index is 12.0. The summed E-state index contributed by atoms with van der Waals surface area (Å²) in [5, 5.41) is 6.21. The van der Waals surface area contributed by atoms with Crippen molar-refractivity contribution in [3.8, 4) is 0 Å². The number of thioether (sulfide) groups is 1. The molecule has 1 fully saturated rings. The molecule has 3 heterocycles. The summed E-state index contributed by atoms with van der Waals surface area (Å²) in [6.07, 6.45) is 1.88. The number of halogens is 1. The van der Waals surface area contributed by atoms with Crippen molar-refractivity contribution < 1.29 is 4.79 Å². The van der Waals surface area contributed by atoms with Crippen molar-refractivity contribution in [1.29, 1.82) is 0 Å². The molecule has 1 aliphatic heterocycles. The molecule has 106 valence electrons. The lowest BCUT2D eigenvalue weighted by Crippen LogP contribution is -2.40. The predicted octanol–water partition coefficient (Wildman–Crippen LogP) is 1.04. The van der Waals surface area contributed by atoms with Crippen LogP contribution in [-0.2, 0) is 4.79 Å². The number of aromatic amines is 1. The molecule has 0 spiro atoms. The van der Waals surface area contributed by atoms with Crippen molar-refractivity contribution in [2.24, 2.45) is 0 Å². The molecule has 1 atom stereocenters. The Labute approximate surface area is 124 Å². The van der Waals surface area contributed by atoms with E-state index in [-0.39, 0.29) is 23.1 Å². The Morgan fingerprint density at radius 1 is 1.55 bits per heavy atom. The molecule has 0 bridgehead atoms. The Balaban J connectivity index is 1.67. The first-order chi connectivity index (χ1) is 9.72. The van der Waals surface area contributed by atoms with Gasteiger partial charge in [-0.1, -0.05) is 11.6 Å². The summed E-state index contributed by atoms with van der Waals surface area (Å²) < 4.78 is 0. The number of hydrogen-bond donors (Lipinski definition) is 3. The van der Waals surface area contributed by atoms with Gasteiger partial charge in [0, 0.05) is 30.5 Å². The average Bonchev–Trinajstić information content (AvgIpc) is 2.88. The fourth-order valence-corrected chi connectivity index (χ4v) is 3.17. The van der Waals surface area contributed by atoms with Gasteiger partial charge in [0.05, 0.1) is 6.33 Å². The van der Waals surface area contributed by atoms with Crippen molar-refractivity contribution in [2.45, 2.75) is 12.5 Å². The highest BCUT2D eigenvalue weighted by atomic mass is 35.5. The summed E-state index contributed by atoms with van der Waals surface area (Å²) in [5.41, 5.74) is 1.00. The van der Waals surface area contributed by atoms with Crippen molar-refractivity contribution >= 4 is 46.4 Å². The SMILES string of the molecule is O=C(CC1CSCCN1)Nc1nc(Cl)c2[nH]cnc2n1. The third-order valence-electron chi connectivity index (χ3n) is 2.92. The van der Waals surface area contributed by atoms with Crippen LogP contribution in [0, 0.1) is 0 Å². The number of aromatic nitrogens is 4. The molecule has 1 aliphatic rings. The third-order valence-corrected chi connectivity index (χ3v) is 4.33. The van der Waals surface area contributed by atoms with E-state index in [2.05, 4.69) is 30.6 Å². The Kier molecular flexibility index (Phi) is 4.04. The lowest BCUT2D eigenvalue weighted by molar-refractivity contribution is -0.116. The number of carbonyl (C=O) groups is 1. The van der Waals surface area contributed by atoms with Gasteiger partial charge in [-0.15, -0.1) is 0 Å². The van der Waals surface area contributed by atoms with Crippen LogP contribution in [0.1, 0.15) is 6.42 Å². The minimum absolute atomic E-state index is 0.129. The van der Waals surface area contributed by atoms with Crippen LogP contribution in [0.5, 0.6) is 0 Å². The number of fused-ring (bicyclic) bond motifs is 1. The molecule has 3 N–H and O–H groups in total. The van der Waals surface area contributed by atoms with Crippen LogP contribution in [0.15, 0.2) is 6.33 Å². The lowest BCUT2D eigenvalue weighted by Gasteiger charge is -2.22. The van der Waals surface area contributed by atoms with Crippen molar-refractivity contribution in [2.75, 3.05) is 23.4 Å². The predicted molar refractivity (Wildman–Crippen MR) is 79.1 cm³/mol. The zero-order chi connectivity index (χ0) is 13.9.